The van der Waals surface area contributed by atoms with Crippen molar-refractivity contribution in [2.24, 2.45) is 5.73 Å². The Morgan fingerprint density at radius 3 is 2.67 bits per heavy atom. The molecule has 0 saturated carbocycles. The van der Waals surface area contributed by atoms with E-state index in [2.05, 4.69) is 5.32 Å². The normalized spacial score (nSPS) is 11.1. The molecule has 18 heavy (non-hydrogen) atoms. The fraction of sp³-hybridized carbons (Fsp3) is 0.500. The fourth-order valence-corrected chi connectivity index (χ4v) is 1.46. The van der Waals surface area contributed by atoms with E-state index in [4.69, 9.17) is 10.5 Å². The highest BCUT2D eigenvalue weighted by Crippen LogP contribution is 2.31. The number of nitrogens with one attached hydrogen (secondary N) is 1. The minimum Gasteiger partial charge on any atom is -0.487 e. The van der Waals surface area contributed by atoms with Gasteiger partial charge in [-0.2, -0.15) is 0 Å². The zero-order valence-electron chi connectivity index (χ0n) is 10.9. The van der Waals surface area contributed by atoms with Gasteiger partial charge in [-0.05, 0) is 26.8 Å². The maximum absolute atomic E-state index is 10.8. The lowest BCUT2D eigenvalue weighted by atomic mass is 10.1. The molecule has 0 unspecified atom stereocenters. The van der Waals surface area contributed by atoms with Gasteiger partial charge in [0, 0.05) is 29.9 Å². The van der Waals surface area contributed by atoms with E-state index in [1.165, 1.54) is 6.07 Å². The predicted molar refractivity (Wildman–Crippen MR) is 71.0 cm³/mol. The molecule has 0 saturated heterocycles. The maximum Gasteiger partial charge on any atom is 0.311 e. The largest absolute Gasteiger partial charge is 0.487 e. The first-order valence-corrected chi connectivity index (χ1v) is 5.79. The van der Waals surface area contributed by atoms with E-state index < -0.39 is 4.92 Å². The van der Waals surface area contributed by atoms with E-state index in [1.54, 1.807) is 19.1 Å². The summed E-state index contributed by atoms with van der Waals surface area (Å²) in [6.07, 6.45) is 0. The molecule has 0 heterocycles. The fourth-order valence-electron chi connectivity index (χ4n) is 1.46. The van der Waals surface area contributed by atoms with Crippen LogP contribution in [0.1, 0.15) is 20.8 Å². The van der Waals surface area contributed by atoms with Crippen molar-refractivity contribution in [3.05, 3.63) is 28.3 Å². The summed E-state index contributed by atoms with van der Waals surface area (Å²) in [5, 5.41) is 14.0. The molecule has 0 bridgehead atoms. The standard InChI is InChI=1S/C12H19N3O3/c1-4-18-11-7-9(14-12(2,3)8-13)5-6-10(11)15(16)17/h5-7,14H,4,8,13H2,1-3H3. The van der Waals surface area contributed by atoms with E-state index in [0.717, 1.165) is 5.69 Å². The van der Waals surface area contributed by atoms with Gasteiger partial charge in [0.2, 0.25) is 0 Å². The van der Waals surface area contributed by atoms with Gasteiger partial charge in [-0.3, -0.25) is 10.1 Å². The average molecular weight is 253 g/mol. The van der Waals surface area contributed by atoms with Crippen LogP contribution in [-0.4, -0.2) is 23.6 Å². The van der Waals surface area contributed by atoms with Crippen molar-refractivity contribution in [2.45, 2.75) is 26.3 Å². The SMILES string of the molecule is CCOc1cc(NC(C)(C)CN)ccc1[N+](=O)[O-]. The molecule has 0 fully saturated rings. The molecule has 3 N–H and O–H groups in total. The molecule has 1 rings (SSSR count). The molecule has 0 aliphatic heterocycles. The number of rotatable bonds is 6. The molecule has 0 aliphatic rings. The topological polar surface area (TPSA) is 90.4 Å². The first-order valence-electron chi connectivity index (χ1n) is 5.79. The first-order chi connectivity index (χ1) is 8.39. The van der Waals surface area contributed by atoms with Gasteiger partial charge >= 0.3 is 5.69 Å². The van der Waals surface area contributed by atoms with E-state index in [-0.39, 0.29) is 17.0 Å². The molecule has 1 aromatic carbocycles. The van der Waals surface area contributed by atoms with Crippen molar-refractivity contribution in [1.82, 2.24) is 0 Å². The molecule has 0 atom stereocenters. The number of anilines is 1. The van der Waals surface area contributed by atoms with Gasteiger partial charge in [0.1, 0.15) is 0 Å². The average Bonchev–Trinajstić information content (AvgIpc) is 2.29. The second kappa shape index (κ2) is 5.68. The van der Waals surface area contributed by atoms with Crippen molar-refractivity contribution in [2.75, 3.05) is 18.5 Å². The molecule has 0 aromatic heterocycles. The molecule has 100 valence electrons. The zero-order chi connectivity index (χ0) is 13.8. The summed E-state index contributed by atoms with van der Waals surface area (Å²) in [5.41, 5.74) is 6.06. The highest BCUT2D eigenvalue weighted by Gasteiger charge is 2.19. The summed E-state index contributed by atoms with van der Waals surface area (Å²) in [5.74, 6) is 0.264. The number of benzene rings is 1. The summed E-state index contributed by atoms with van der Waals surface area (Å²) in [6, 6.07) is 4.71. The van der Waals surface area contributed by atoms with Crippen LogP contribution in [0.3, 0.4) is 0 Å². The number of nitro benzene ring substituents is 1. The third-order valence-electron chi connectivity index (χ3n) is 2.45. The molecule has 0 spiro atoms. The third kappa shape index (κ3) is 3.59. The van der Waals surface area contributed by atoms with Gasteiger partial charge in [0.25, 0.3) is 0 Å². The first kappa shape index (κ1) is 14.2. The number of hydrogen-bond donors (Lipinski definition) is 2. The molecule has 6 heteroatoms. The summed E-state index contributed by atoms with van der Waals surface area (Å²) in [7, 11) is 0. The second-order valence-corrected chi connectivity index (χ2v) is 4.59. The van der Waals surface area contributed by atoms with Gasteiger partial charge in [0.05, 0.1) is 11.5 Å². The Morgan fingerprint density at radius 1 is 1.50 bits per heavy atom. The summed E-state index contributed by atoms with van der Waals surface area (Å²) in [6.45, 7) is 6.52. The Bertz CT molecular complexity index is 433. The maximum atomic E-state index is 10.8. The van der Waals surface area contributed by atoms with E-state index in [0.29, 0.717) is 13.2 Å². The Morgan fingerprint density at radius 2 is 2.17 bits per heavy atom. The van der Waals surface area contributed by atoms with Gasteiger partial charge in [-0.25, -0.2) is 0 Å². The zero-order valence-corrected chi connectivity index (χ0v) is 10.9. The Balaban J connectivity index is 3.03. The van der Waals surface area contributed by atoms with Crippen LogP contribution in [-0.2, 0) is 0 Å². The van der Waals surface area contributed by atoms with Crippen molar-refractivity contribution < 1.29 is 9.66 Å². The molecule has 0 amide bonds. The quantitative estimate of drug-likeness (QED) is 0.598. The van der Waals surface area contributed by atoms with Crippen molar-refractivity contribution >= 4 is 11.4 Å². The molecular weight excluding hydrogens is 234 g/mol. The Labute approximate surface area is 106 Å². The Kier molecular flexibility index (Phi) is 4.49. The van der Waals surface area contributed by atoms with Crippen molar-refractivity contribution in [3.8, 4) is 5.75 Å². The van der Waals surface area contributed by atoms with E-state index in [1.807, 2.05) is 13.8 Å². The number of hydrogen-bond acceptors (Lipinski definition) is 5. The van der Waals surface area contributed by atoms with Crippen LogP contribution in [0.25, 0.3) is 0 Å². The van der Waals surface area contributed by atoms with Crippen molar-refractivity contribution in [3.63, 3.8) is 0 Å². The van der Waals surface area contributed by atoms with Crippen molar-refractivity contribution in [1.29, 1.82) is 0 Å². The number of nitrogens with two attached hydrogens (primary N) is 1. The molecule has 0 radical (unpaired) electrons. The molecular formula is C12H19N3O3. The lowest BCUT2D eigenvalue weighted by molar-refractivity contribution is -0.385. The second-order valence-electron chi connectivity index (χ2n) is 4.59. The lowest BCUT2D eigenvalue weighted by Crippen LogP contribution is -2.39. The van der Waals surface area contributed by atoms with E-state index in [9.17, 15) is 10.1 Å². The minimum absolute atomic E-state index is 0.0343. The molecule has 1 aromatic rings. The summed E-state index contributed by atoms with van der Waals surface area (Å²) in [4.78, 5) is 10.4. The predicted octanol–water partition coefficient (Wildman–Crippen LogP) is 2.14. The summed E-state index contributed by atoms with van der Waals surface area (Å²) >= 11 is 0. The minimum atomic E-state index is -0.456. The lowest BCUT2D eigenvalue weighted by Gasteiger charge is -2.25. The Hall–Kier alpha value is -1.82. The van der Waals surface area contributed by atoms with Gasteiger partial charge < -0.3 is 15.8 Å². The van der Waals surface area contributed by atoms with Crippen LogP contribution in [0.5, 0.6) is 5.75 Å². The van der Waals surface area contributed by atoms with Gasteiger partial charge in [-0.15, -0.1) is 0 Å². The van der Waals surface area contributed by atoms with E-state index >= 15 is 0 Å². The number of ether oxygens (including phenoxy) is 1. The van der Waals surface area contributed by atoms with Crippen LogP contribution in [0.4, 0.5) is 11.4 Å². The molecule has 6 nitrogen and oxygen atoms in total. The van der Waals surface area contributed by atoms with Crippen LogP contribution >= 0.6 is 0 Å². The van der Waals surface area contributed by atoms with Gasteiger partial charge in [-0.1, -0.05) is 0 Å². The smallest absolute Gasteiger partial charge is 0.311 e. The highest BCUT2D eigenvalue weighted by atomic mass is 16.6. The van der Waals surface area contributed by atoms with Crippen LogP contribution in [0, 0.1) is 10.1 Å². The number of nitro groups is 1. The third-order valence-corrected chi connectivity index (χ3v) is 2.45. The van der Waals surface area contributed by atoms with Gasteiger partial charge in [0.15, 0.2) is 5.75 Å². The highest BCUT2D eigenvalue weighted by molar-refractivity contribution is 5.58. The molecule has 0 aliphatic carbocycles. The van der Waals surface area contributed by atoms with Crippen LogP contribution in [0.15, 0.2) is 18.2 Å². The number of nitrogens with zero attached hydrogens (tertiary/aromatic N) is 1. The summed E-state index contributed by atoms with van der Waals surface area (Å²) < 4.78 is 5.27. The monoisotopic (exact) mass is 253 g/mol. The van der Waals surface area contributed by atoms with Crippen LogP contribution in [0.2, 0.25) is 0 Å². The van der Waals surface area contributed by atoms with Crippen LogP contribution < -0.4 is 15.8 Å².